The van der Waals surface area contributed by atoms with E-state index in [0.29, 0.717) is 43.5 Å². The predicted octanol–water partition coefficient (Wildman–Crippen LogP) is 1.66. The number of hydrogen-bond acceptors (Lipinski definition) is 6. The Morgan fingerprint density at radius 2 is 1.53 bits per heavy atom. The van der Waals surface area contributed by atoms with Crippen LogP contribution in [0.1, 0.15) is 26.7 Å². The van der Waals surface area contributed by atoms with E-state index in [-0.39, 0.29) is 11.8 Å². The quantitative estimate of drug-likeness (QED) is 0.658. The molecule has 2 saturated heterocycles. The number of hydrogen-bond donors (Lipinski definition) is 1. The first-order chi connectivity index (χ1) is 14.6. The van der Waals surface area contributed by atoms with Crippen LogP contribution in [0.15, 0.2) is 18.2 Å². The topological polar surface area (TPSA) is 74.4 Å². The Balaban J connectivity index is 1.46. The molecule has 3 rings (SSSR count). The largest absolute Gasteiger partial charge is 0.494 e. The molecule has 2 aliphatic rings. The van der Waals surface area contributed by atoms with Crippen LogP contribution in [-0.2, 0) is 9.59 Å². The fourth-order valence-corrected chi connectivity index (χ4v) is 3.90. The lowest BCUT2D eigenvalue weighted by Gasteiger charge is -2.34. The highest BCUT2D eigenvalue weighted by molar-refractivity contribution is 5.94. The lowest BCUT2D eigenvalue weighted by atomic mass is 10.2. The minimum absolute atomic E-state index is 0.0776. The summed E-state index contributed by atoms with van der Waals surface area (Å²) >= 11 is 0. The van der Waals surface area contributed by atoms with Crippen LogP contribution in [0.3, 0.4) is 0 Å². The highest BCUT2D eigenvalue weighted by atomic mass is 16.5. The number of anilines is 1. The molecule has 1 aromatic carbocycles. The molecule has 0 radical (unpaired) electrons. The Morgan fingerprint density at radius 1 is 0.900 bits per heavy atom. The first-order valence-electron chi connectivity index (χ1n) is 11.0. The molecular formula is C22H34N4O4. The maximum absolute atomic E-state index is 12.6. The number of carbonyl (C=O) groups is 2. The van der Waals surface area contributed by atoms with Gasteiger partial charge in [0, 0.05) is 45.3 Å². The third-order valence-corrected chi connectivity index (χ3v) is 5.49. The minimum Gasteiger partial charge on any atom is -0.494 e. The number of ether oxygens (including phenoxy) is 2. The lowest BCUT2D eigenvalue weighted by Crippen LogP contribution is -2.51. The molecule has 0 saturated carbocycles. The lowest BCUT2D eigenvalue weighted by molar-refractivity contribution is -0.132. The van der Waals surface area contributed by atoms with Gasteiger partial charge in [-0.25, -0.2) is 0 Å². The Bertz CT molecular complexity index is 713. The maximum atomic E-state index is 12.6. The van der Waals surface area contributed by atoms with Gasteiger partial charge < -0.3 is 19.7 Å². The number of likely N-dealkylation sites (tertiary alicyclic amines) is 1. The molecule has 0 atom stereocenters. The molecule has 0 aliphatic carbocycles. The summed E-state index contributed by atoms with van der Waals surface area (Å²) in [5, 5.41) is 2.96. The summed E-state index contributed by atoms with van der Waals surface area (Å²) in [7, 11) is 0. The second-order valence-electron chi connectivity index (χ2n) is 7.71. The van der Waals surface area contributed by atoms with Gasteiger partial charge in [-0.05, 0) is 38.8 Å². The molecule has 8 nitrogen and oxygen atoms in total. The Hall–Kier alpha value is -2.32. The molecule has 1 aromatic rings. The molecule has 8 heteroatoms. The van der Waals surface area contributed by atoms with Gasteiger partial charge in [0.05, 0.1) is 32.0 Å². The number of piperazine rings is 1. The molecule has 30 heavy (non-hydrogen) atoms. The summed E-state index contributed by atoms with van der Waals surface area (Å²) in [5.74, 6) is 1.50. The molecule has 2 aliphatic heterocycles. The average molecular weight is 419 g/mol. The average Bonchev–Trinajstić information content (AvgIpc) is 3.27. The van der Waals surface area contributed by atoms with E-state index in [1.54, 1.807) is 6.07 Å². The first-order valence-corrected chi connectivity index (χ1v) is 11.0. The normalized spacial score (nSPS) is 17.7. The fourth-order valence-electron chi connectivity index (χ4n) is 3.90. The number of carbonyl (C=O) groups excluding carboxylic acids is 2. The van der Waals surface area contributed by atoms with Crippen molar-refractivity contribution >= 4 is 17.5 Å². The van der Waals surface area contributed by atoms with Gasteiger partial charge in [0.15, 0.2) is 0 Å². The Kier molecular flexibility index (Phi) is 8.33. The van der Waals surface area contributed by atoms with E-state index in [2.05, 4.69) is 15.1 Å². The molecule has 2 amide bonds. The van der Waals surface area contributed by atoms with Gasteiger partial charge in [0.1, 0.15) is 11.5 Å². The van der Waals surface area contributed by atoms with Gasteiger partial charge in [-0.1, -0.05) is 0 Å². The van der Waals surface area contributed by atoms with Crippen molar-refractivity contribution < 1.29 is 19.1 Å². The van der Waals surface area contributed by atoms with Crippen LogP contribution in [0.4, 0.5) is 5.69 Å². The number of nitrogens with zero attached hydrogens (tertiary/aromatic N) is 3. The second-order valence-corrected chi connectivity index (χ2v) is 7.71. The molecule has 0 spiro atoms. The van der Waals surface area contributed by atoms with E-state index >= 15 is 0 Å². The highest BCUT2D eigenvalue weighted by Crippen LogP contribution is 2.29. The van der Waals surface area contributed by atoms with Crippen molar-refractivity contribution in [2.45, 2.75) is 26.7 Å². The number of nitrogens with one attached hydrogen (secondary N) is 1. The molecule has 2 fully saturated rings. The van der Waals surface area contributed by atoms with Gasteiger partial charge in [-0.3, -0.25) is 19.4 Å². The van der Waals surface area contributed by atoms with E-state index in [0.717, 1.165) is 52.1 Å². The molecule has 0 bridgehead atoms. The number of amides is 2. The van der Waals surface area contributed by atoms with Crippen LogP contribution in [0.5, 0.6) is 11.5 Å². The molecule has 0 unspecified atom stereocenters. The van der Waals surface area contributed by atoms with E-state index in [1.165, 1.54) is 0 Å². The SMILES string of the molecule is CCOc1ccc(OCC)c(NC(=O)CN2CCN(CC(=O)N3CCCC3)CC2)c1. The van der Waals surface area contributed by atoms with Gasteiger partial charge in [0.25, 0.3) is 0 Å². The van der Waals surface area contributed by atoms with Crippen molar-refractivity contribution in [3.8, 4) is 11.5 Å². The van der Waals surface area contributed by atoms with E-state index in [4.69, 9.17) is 9.47 Å². The standard InChI is InChI=1S/C22H34N4O4/c1-3-29-18-7-8-20(30-4-2)19(15-18)23-21(27)16-24-11-13-25(14-12-24)17-22(28)26-9-5-6-10-26/h7-8,15H,3-6,9-14,16-17H2,1-2H3,(H,23,27). The van der Waals surface area contributed by atoms with Crippen molar-refractivity contribution in [2.75, 3.05) is 70.9 Å². The molecule has 1 N–H and O–H groups in total. The van der Waals surface area contributed by atoms with Crippen LogP contribution in [0, 0.1) is 0 Å². The van der Waals surface area contributed by atoms with Crippen LogP contribution >= 0.6 is 0 Å². The van der Waals surface area contributed by atoms with E-state index in [1.807, 2.05) is 30.9 Å². The van der Waals surface area contributed by atoms with Crippen molar-refractivity contribution in [1.29, 1.82) is 0 Å². The van der Waals surface area contributed by atoms with Crippen molar-refractivity contribution in [2.24, 2.45) is 0 Å². The molecule has 2 heterocycles. The summed E-state index contributed by atoms with van der Waals surface area (Å²) in [4.78, 5) is 31.2. The number of rotatable bonds is 9. The fraction of sp³-hybridized carbons (Fsp3) is 0.636. The summed E-state index contributed by atoms with van der Waals surface area (Å²) in [5.41, 5.74) is 0.627. The van der Waals surface area contributed by atoms with Crippen molar-refractivity contribution in [3.05, 3.63) is 18.2 Å². The summed E-state index contributed by atoms with van der Waals surface area (Å²) < 4.78 is 11.2. The van der Waals surface area contributed by atoms with E-state index in [9.17, 15) is 9.59 Å². The predicted molar refractivity (Wildman–Crippen MR) is 116 cm³/mol. The maximum Gasteiger partial charge on any atom is 0.238 e. The van der Waals surface area contributed by atoms with Crippen LogP contribution in [-0.4, -0.2) is 92.1 Å². The molecular weight excluding hydrogens is 384 g/mol. The van der Waals surface area contributed by atoms with Crippen LogP contribution < -0.4 is 14.8 Å². The zero-order valence-electron chi connectivity index (χ0n) is 18.2. The van der Waals surface area contributed by atoms with Gasteiger partial charge in [-0.15, -0.1) is 0 Å². The summed E-state index contributed by atoms with van der Waals surface area (Å²) in [6.07, 6.45) is 2.24. The van der Waals surface area contributed by atoms with Crippen LogP contribution in [0.2, 0.25) is 0 Å². The molecule has 166 valence electrons. The van der Waals surface area contributed by atoms with Crippen molar-refractivity contribution in [1.82, 2.24) is 14.7 Å². The van der Waals surface area contributed by atoms with Crippen molar-refractivity contribution in [3.63, 3.8) is 0 Å². The third kappa shape index (κ3) is 6.34. The third-order valence-electron chi connectivity index (χ3n) is 5.49. The van der Waals surface area contributed by atoms with Gasteiger partial charge in [0.2, 0.25) is 11.8 Å². The second kappa shape index (κ2) is 11.2. The smallest absolute Gasteiger partial charge is 0.238 e. The zero-order chi connectivity index (χ0) is 21.3. The monoisotopic (exact) mass is 418 g/mol. The van der Waals surface area contributed by atoms with Crippen LogP contribution in [0.25, 0.3) is 0 Å². The van der Waals surface area contributed by atoms with Gasteiger partial charge in [-0.2, -0.15) is 0 Å². The van der Waals surface area contributed by atoms with Gasteiger partial charge >= 0.3 is 0 Å². The van der Waals surface area contributed by atoms with E-state index < -0.39 is 0 Å². The zero-order valence-corrected chi connectivity index (χ0v) is 18.2. The number of benzene rings is 1. The molecule has 0 aromatic heterocycles. The first kappa shape index (κ1) is 22.4. The minimum atomic E-state index is -0.0776. The highest BCUT2D eigenvalue weighted by Gasteiger charge is 2.24. The Labute approximate surface area is 179 Å². The Morgan fingerprint density at radius 3 is 2.17 bits per heavy atom. The summed E-state index contributed by atoms with van der Waals surface area (Å²) in [6.45, 7) is 10.7. The summed E-state index contributed by atoms with van der Waals surface area (Å²) in [6, 6.07) is 5.46.